The van der Waals surface area contributed by atoms with Gasteiger partial charge in [0, 0.05) is 0 Å². The van der Waals surface area contributed by atoms with Crippen LogP contribution < -0.4 is 15.2 Å². The number of pyridine rings is 1. The molecule has 0 aliphatic carbocycles. The summed E-state index contributed by atoms with van der Waals surface area (Å²) in [5, 5.41) is 0. The van der Waals surface area contributed by atoms with E-state index in [1.54, 1.807) is 12.3 Å². The van der Waals surface area contributed by atoms with Crippen molar-refractivity contribution in [2.75, 3.05) is 12.3 Å². The van der Waals surface area contributed by atoms with Gasteiger partial charge in [0.2, 0.25) is 5.88 Å². The molecule has 0 spiro atoms. The molecule has 0 atom stereocenters. The first-order valence-corrected chi connectivity index (χ1v) is 6.80. The maximum Gasteiger partial charge on any atom is 0.233 e. The van der Waals surface area contributed by atoms with Crippen LogP contribution in [0, 0.1) is 0 Å². The molecule has 5 heteroatoms. The third-order valence-corrected chi connectivity index (χ3v) is 2.91. The van der Waals surface area contributed by atoms with Crippen molar-refractivity contribution < 1.29 is 9.47 Å². The zero-order valence-corrected chi connectivity index (χ0v) is 12.2. The van der Waals surface area contributed by atoms with Gasteiger partial charge in [0.15, 0.2) is 11.5 Å². The fourth-order valence-electron chi connectivity index (χ4n) is 1.49. The predicted octanol–water partition coefficient (Wildman–Crippen LogP) is 4.01. The van der Waals surface area contributed by atoms with E-state index in [0.717, 1.165) is 6.42 Å². The molecule has 2 rings (SSSR count). The lowest BCUT2D eigenvalue weighted by atomic mass is 10.3. The lowest BCUT2D eigenvalue weighted by Crippen LogP contribution is -1.98. The van der Waals surface area contributed by atoms with Crippen molar-refractivity contribution in [1.82, 2.24) is 4.98 Å². The Balaban J connectivity index is 2.22. The highest BCUT2D eigenvalue weighted by molar-refractivity contribution is 9.10. The van der Waals surface area contributed by atoms with Crippen molar-refractivity contribution in [2.24, 2.45) is 0 Å². The van der Waals surface area contributed by atoms with Gasteiger partial charge in [-0.05, 0) is 40.5 Å². The second-order valence-electron chi connectivity index (χ2n) is 3.95. The molecule has 0 unspecified atom stereocenters. The standard InChI is InChI=1S/C14H15BrN2O2/c1-2-7-18-12-5-3-4-6-13(12)19-14-11(15)8-10(16)9-17-14/h3-6,8-9H,2,7,16H2,1H3. The van der Waals surface area contributed by atoms with Crippen LogP contribution in [-0.2, 0) is 0 Å². The Morgan fingerprint density at radius 3 is 2.68 bits per heavy atom. The van der Waals surface area contributed by atoms with Gasteiger partial charge < -0.3 is 15.2 Å². The Kier molecular flexibility index (Phi) is 4.63. The summed E-state index contributed by atoms with van der Waals surface area (Å²) in [6.07, 6.45) is 2.49. The Hall–Kier alpha value is -1.75. The van der Waals surface area contributed by atoms with Crippen LogP contribution >= 0.6 is 15.9 Å². The molecular formula is C14H15BrN2O2. The highest BCUT2D eigenvalue weighted by Gasteiger charge is 2.09. The Morgan fingerprint density at radius 1 is 1.26 bits per heavy atom. The average molecular weight is 323 g/mol. The molecule has 0 fully saturated rings. The Labute approximate surface area is 120 Å². The number of hydrogen-bond acceptors (Lipinski definition) is 4. The highest BCUT2D eigenvalue weighted by Crippen LogP contribution is 2.34. The van der Waals surface area contributed by atoms with E-state index in [9.17, 15) is 0 Å². The molecule has 19 heavy (non-hydrogen) atoms. The highest BCUT2D eigenvalue weighted by atomic mass is 79.9. The number of para-hydroxylation sites is 2. The van der Waals surface area contributed by atoms with E-state index in [-0.39, 0.29) is 0 Å². The van der Waals surface area contributed by atoms with Gasteiger partial charge in [0.1, 0.15) is 0 Å². The Bertz CT molecular complexity index is 561. The van der Waals surface area contributed by atoms with E-state index in [4.69, 9.17) is 15.2 Å². The predicted molar refractivity (Wildman–Crippen MR) is 78.7 cm³/mol. The SMILES string of the molecule is CCCOc1ccccc1Oc1ncc(N)cc1Br. The number of ether oxygens (including phenoxy) is 2. The van der Waals surface area contributed by atoms with Crippen molar-refractivity contribution in [3.05, 3.63) is 41.0 Å². The molecule has 4 nitrogen and oxygen atoms in total. The molecule has 0 saturated heterocycles. The molecule has 2 N–H and O–H groups in total. The number of anilines is 1. The van der Waals surface area contributed by atoms with Crippen molar-refractivity contribution in [3.63, 3.8) is 0 Å². The minimum atomic E-state index is 0.460. The summed E-state index contributed by atoms with van der Waals surface area (Å²) in [4.78, 5) is 4.14. The minimum absolute atomic E-state index is 0.460. The van der Waals surface area contributed by atoms with Gasteiger partial charge in [0.05, 0.1) is 23.0 Å². The van der Waals surface area contributed by atoms with Crippen LogP contribution in [0.1, 0.15) is 13.3 Å². The van der Waals surface area contributed by atoms with E-state index >= 15 is 0 Å². The molecule has 0 bridgehead atoms. The summed E-state index contributed by atoms with van der Waals surface area (Å²) in [7, 11) is 0. The van der Waals surface area contributed by atoms with Crippen LogP contribution in [0.15, 0.2) is 41.0 Å². The van der Waals surface area contributed by atoms with Crippen LogP contribution in [0.3, 0.4) is 0 Å². The van der Waals surface area contributed by atoms with Crippen molar-refractivity contribution in [2.45, 2.75) is 13.3 Å². The zero-order valence-electron chi connectivity index (χ0n) is 10.6. The molecule has 1 heterocycles. The normalized spacial score (nSPS) is 10.2. The quantitative estimate of drug-likeness (QED) is 0.903. The van der Waals surface area contributed by atoms with Gasteiger partial charge in [-0.3, -0.25) is 0 Å². The van der Waals surface area contributed by atoms with Gasteiger partial charge in [0.25, 0.3) is 0 Å². The number of nitrogens with two attached hydrogens (primary N) is 1. The Morgan fingerprint density at radius 2 is 2.00 bits per heavy atom. The average Bonchev–Trinajstić information content (AvgIpc) is 2.41. The number of hydrogen-bond donors (Lipinski definition) is 1. The number of nitrogens with zero attached hydrogens (tertiary/aromatic N) is 1. The van der Waals surface area contributed by atoms with Crippen molar-refractivity contribution in [3.8, 4) is 17.4 Å². The fourth-order valence-corrected chi connectivity index (χ4v) is 1.93. The van der Waals surface area contributed by atoms with E-state index in [1.807, 2.05) is 24.3 Å². The summed E-state index contributed by atoms with van der Waals surface area (Å²) in [6, 6.07) is 9.26. The van der Waals surface area contributed by atoms with Crippen LogP contribution in [0.25, 0.3) is 0 Å². The van der Waals surface area contributed by atoms with Crippen LogP contribution in [0.4, 0.5) is 5.69 Å². The van der Waals surface area contributed by atoms with Gasteiger partial charge >= 0.3 is 0 Å². The molecule has 0 radical (unpaired) electrons. The number of benzene rings is 1. The van der Waals surface area contributed by atoms with E-state index in [1.165, 1.54) is 0 Å². The number of halogens is 1. The molecule has 100 valence electrons. The number of nitrogen functional groups attached to an aromatic ring is 1. The molecule has 2 aromatic rings. The molecule has 0 aliphatic heterocycles. The van der Waals surface area contributed by atoms with Crippen molar-refractivity contribution >= 4 is 21.6 Å². The maximum absolute atomic E-state index is 5.75. The van der Waals surface area contributed by atoms with E-state index in [2.05, 4.69) is 27.8 Å². The summed E-state index contributed by atoms with van der Waals surface area (Å²) in [5.74, 6) is 1.80. The molecule has 1 aromatic heterocycles. The lowest BCUT2D eigenvalue weighted by molar-refractivity contribution is 0.300. The van der Waals surface area contributed by atoms with Crippen LogP contribution in [0.5, 0.6) is 17.4 Å². The smallest absolute Gasteiger partial charge is 0.233 e. The molecule has 0 amide bonds. The van der Waals surface area contributed by atoms with Gasteiger partial charge in [-0.2, -0.15) is 0 Å². The molecular weight excluding hydrogens is 308 g/mol. The summed E-state index contributed by atoms with van der Waals surface area (Å²) in [5.41, 5.74) is 6.22. The van der Waals surface area contributed by atoms with Gasteiger partial charge in [-0.15, -0.1) is 0 Å². The third kappa shape index (κ3) is 3.61. The maximum atomic E-state index is 5.75. The topological polar surface area (TPSA) is 57.4 Å². The van der Waals surface area contributed by atoms with Gasteiger partial charge in [-0.1, -0.05) is 19.1 Å². The minimum Gasteiger partial charge on any atom is -0.490 e. The number of rotatable bonds is 5. The first-order valence-electron chi connectivity index (χ1n) is 6.01. The van der Waals surface area contributed by atoms with Crippen LogP contribution in [0.2, 0.25) is 0 Å². The zero-order chi connectivity index (χ0) is 13.7. The first kappa shape index (κ1) is 13.7. The monoisotopic (exact) mass is 322 g/mol. The summed E-state index contributed by atoms with van der Waals surface area (Å²) < 4.78 is 12.1. The lowest BCUT2D eigenvalue weighted by Gasteiger charge is -2.12. The first-order chi connectivity index (χ1) is 9.20. The second kappa shape index (κ2) is 6.43. The summed E-state index contributed by atoms with van der Waals surface area (Å²) >= 11 is 3.37. The molecule has 0 saturated carbocycles. The van der Waals surface area contributed by atoms with E-state index in [0.29, 0.717) is 34.1 Å². The van der Waals surface area contributed by atoms with E-state index < -0.39 is 0 Å². The third-order valence-electron chi connectivity index (χ3n) is 2.35. The largest absolute Gasteiger partial charge is 0.490 e. The van der Waals surface area contributed by atoms with Crippen molar-refractivity contribution in [1.29, 1.82) is 0 Å². The second-order valence-corrected chi connectivity index (χ2v) is 4.81. The summed E-state index contributed by atoms with van der Waals surface area (Å²) in [6.45, 7) is 2.71. The molecule has 1 aromatic carbocycles. The number of aromatic nitrogens is 1. The van der Waals surface area contributed by atoms with Crippen LogP contribution in [-0.4, -0.2) is 11.6 Å². The fraction of sp³-hybridized carbons (Fsp3) is 0.214. The van der Waals surface area contributed by atoms with Gasteiger partial charge in [-0.25, -0.2) is 4.98 Å². The molecule has 0 aliphatic rings.